The van der Waals surface area contributed by atoms with Crippen molar-refractivity contribution in [1.29, 1.82) is 0 Å². The molecule has 0 spiro atoms. The van der Waals surface area contributed by atoms with E-state index < -0.39 is 12.1 Å². The lowest BCUT2D eigenvalue weighted by molar-refractivity contribution is -0.140. The third kappa shape index (κ3) is 6.10. The van der Waals surface area contributed by atoms with Gasteiger partial charge in [-0.05, 0) is 16.8 Å². The lowest BCUT2D eigenvalue weighted by Gasteiger charge is -2.13. The molecule has 1 aromatic rings. The summed E-state index contributed by atoms with van der Waals surface area (Å²) in [5, 5.41) is 20.4. The van der Waals surface area contributed by atoms with Crippen LogP contribution in [0.5, 0.6) is 0 Å². The first-order chi connectivity index (χ1) is 9.67. The summed E-state index contributed by atoms with van der Waals surface area (Å²) in [6.07, 6.45) is 6.30. The minimum absolute atomic E-state index is 0.0493. The highest BCUT2D eigenvalue weighted by molar-refractivity contribution is 5.67. The predicted octanol–water partition coefficient (Wildman–Crippen LogP) is 1.68. The Bertz CT molecular complexity index is 395. The second-order valence-corrected chi connectivity index (χ2v) is 4.90. The maximum Gasteiger partial charge on any atom is 0.306 e. The van der Waals surface area contributed by atoms with Gasteiger partial charge in [-0.2, -0.15) is 0 Å². The fraction of sp³-hybridized carbons (Fsp3) is 0.846. The van der Waals surface area contributed by atoms with Crippen molar-refractivity contribution in [3.05, 3.63) is 5.82 Å². The van der Waals surface area contributed by atoms with E-state index in [0.29, 0.717) is 6.54 Å². The number of nitrogens with zero attached hydrogens (tertiary/aromatic N) is 4. The van der Waals surface area contributed by atoms with Crippen LogP contribution in [0.15, 0.2) is 0 Å². The average Bonchev–Trinajstić information content (AvgIpc) is 2.84. The number of hydrogen-bond acceptors (Lipinski definition) is 5. The molecule has 1 N–H and O–H groups in total. The number of aliphatic carboxylic acids is 1. The zero-order valence-corrected chi connectivity index (χ0v) is 12.3. The van der Waals surface area contributed by atoms with E-state index in [-0.39, 0.29) is 6.42 Å². The molecule has 0 aliphatic heterocycles. The Morgan fingerprint density at radius 1 is 1.35 bits per heavy atom. The molecule has 0 aliphatic carbocycles. The molecule has 0 radical (unpaired) electrons. The van der Waals surface area contributed by atoms with E-state index in [0.717, 1.165) is 18.7 Å². The highest BCUT2D eigenvalue weighted by Gasteiger charge is 2.16. The Morgan fingerprint density at radius 2 is 2.10 bits per heavy atom. The van der Waals surface area contributed by atoms with Gasteiger partial charge in [-0.1, -0.05) is 32.6 Å². The van der Waals surface area contributed by atoms with E-state index >= 15 is 0 Å². The van der Waals surface area contributed by atoms with Crippen molar-refractivity contribution < 1.29 is 14.6 Å². The molecule has 0 fully saturated rings. The molecule has 1 atom stereocenters. The summed E-state index contributed by atoms with van der Waals surface area (Å²) in [5.41, 5.74) is 0. The second kappa shape index (κ2) is 9.41. The highest BCUT2D eigenvalue weighted by Crippen LogP contribution is 2.08. The summed E-state index contributed by atoms with van der Waals surface area (Å²) in [7, 11) is 1.50. The third-order valence-corrected chi connectivity index (χ3v) is 3.22. The van der Waals surface area contributed by atoms with Gasteiger partial charge in [0.1, 0.15) is 0 Å². The Hall–Kier alpha value is -1.50. The third-order valence-electron chi connectivity index (χ3n) is 3.22. The Morgan fingerprint density at radius 3 is 2.75 bits per heavy atom. The topological polar surface area (TPSA) is 90.1 Å². The predicted molar refractivity (Wildman–Crippen MR) is 73.3 cm³/mol. The summed E-state index contributed by atoms with van der Waals surface area (Å²) >= 11 is 0. The molecule has 1 unspecified atom stereocenters. The van der Waals surface area contributed by atoms with Gasteiger partial charge in [-0.15, -0.1) is 5.10 Å². The molecule has 1 heterocycles. The molecule has 0 bridgehead atoms. The first-order valence-corrected chi connectivity index (χ1v) is 7.17. The molecular formula is C13H24N4O3. The minimum Gasteiger partial charge on any atom is -0.481 e. The van der Waals surface area contributed by atoms with Gasteiger partial charge in [0.2, 0.25) is 0 Å². The number of aryl methyl sites for hydroxylation is 1. The highest BCUT2D eigenvalue weighted by atomic mass is 16.5. The molecule has 0 amide bonds. The zero-order valence-electron chi connectivity index (χ0n) is 12.3. The number of hydrogen-bond donors (Lipinski definition) is 1. The number of aromatic nitrogens is 4. The summed E-state index contributed by atoms with van der Waals surface area (Å²) < 4.78 is 6.80. The van der Waals surface area contributed by atoms with E-state index in [1.165, 1.54) is 32.8 Å². The summed E-state index contributed by atoms with van der Waals surface area (Å²) in [5.74, 6) is -0.0834. The van der Waals surface area contributed by atoms with Gasteiger partial charge in [-0.25, -0.2) is 4.68 Å². The maximum absolute atomic E-state index is 10.7. The van der Waals surface area contributed by atoms with Gasteiger partial charge in [0.05, 0.1) is 19.1 Å². The van der Waals surface area contributed by atoms with Crippen LogP contribution in [0.4, 0.5) is 0 Å². The van der Waals surface area contributed by atoms with Gasteiger partial charge in [0.15, 0.2) is 5.82 Å². The standard InChI is InChI=1S/C13H24N4O3/c1-3-4-5-6-7-8-12-14-15-16-17(12)10-11(20-2)9-13(18)19/h11H,3-10H2,1-2H3,(H,18,19). The maximum atomic E-state index is 10.7. The first kappa shape index (κ1) is 16.6. The summed E-state index contributed by atoms with van der Waals surface area (Å²) in [4.78, 5) is 10.7. The Labute approximate surface area is 119 Å². The number of unbranched alkanes of at least 4 members (excludes halogenated alkanes) is 4. The smallest absolute Gasteiger partial charge is 0.306 e. The van der Waals surface area contributed by atoms with E-state index in [4.69, 9.17) is 9.84 Å². The molecular weight excluding hydrogens is 260 g/mol. The van der Waals surface area contributed by atoms with Crippen LogP contribution in [-0.4, -0.2) is 44.5 Å². The molecule has 114 valence electrons. The molecule has 0 aliphatic rings. The molecule has 20 heavy (non-hydrogen) atoms. The molecule has 0 aromatic carbocycles. The molecule has 1 aromatic heterocycles. The van der Waals surface area contributed by atoms with Crippen molar-refractivity contribution >= 4 is 5.97 Å². The van der Waals surface area contributed by atoms with Crippen LogP contribution in [0.2, 0.25) is 0 Å². The number of methoxy groups -OCH3 is 1. The number of carbonyl (C=O) groups is 1. The van der Waals surface area contributed by atoms with Crippen LogP contribution in [0, 0.1) is 0 Å². The normalized spacial score (nSPS) is 12.5. The lowest BCUT2D eigenvalue weighted by atomic mass is 10.1. The van der Waals surface area contributed by atoms with Crippen LogP contribution in [0.25, 0.3) is 0 Å². The van der Waals surface area contributed by atoms with Crippen LogP contribution in [0.3, 0.4) is 0 Å². The van der Waals surface area contributed by atoms with Gasteiger partial charge in [-0.3, -0.25) is 4.79 Å². The van der Waals surface area contributed by atoms with Crippen molar-refractivity contribution in [2.45, 2.75) is 64.5 Å². The quantitative estimate of drug-likeness (QED) is 0.622. The minimum atomic E-state index is -0.883. The number of carboxylic acid groups (broad SMARTS) is 1. The molecule has 0 saturated heterocycles. The van der Waals surface area contributed by atoms with Crippen molar-refractivity contribution in [3.63, 3.8) is 0 Å². The summed E-state index contributed by atoms with van der Waals surface area (Å²) in [6, 6.07) is 0. The number of tetrazole rings is 1. The van der Waals surface area contributed by atoms with Crippen molar-refractivity contribution in [2.75, 3.05) is 7.11 Å². The van der Waals surface area contributed by atoms with E-state index in [1.54, 1.807) is 4.68 Å². The molecule has 7 heteroatoms. The van der Waals surface area contributed by atoms with Crippen LogP contribution in [-0.2, 0) is 22.5 Å². The largest absolute Gasteiger partial charge is 0.481 e. The van der Waals surface area contributed by atoms with E-state index in [2.05, 4.69) is 22.4 Å². The number of carboxylic acids is 1. The van der Waals surface area contributed by atoms with E-state index in [1.807, 2.05) is 0 Å². The molecule has 7 nitrogen and oxygen atoms in total. The number of rotatable bonds is 11. The fourth-order valence-electron chi connectivity index (χ4n) is 2.04. The molecule has 0 saturated carbocycles. The zero-order chi connectivity index (χ0) is 14.8. The first-order valence-electron chi connectivity index (χ1n) is 7.17. The molecule has 1 rings (SSSR count). The Kier molecular flexibility index (Phi) is 7.79. The lowest BCUT2D eigenvalue weighted by Crippen LogP contribution is -2.24. The van der Waals surface area contributed by atoms with Gasteiger partial charge in [0.25, 0.3) is 0 Å². The van der Waals surface area contributed by atoms with Gasteiger partial charge >= 0.3 is 5.97 Å². The number of ether oxygens (including phenoxy) is 1. The second-order valence-electron chi connectivity index (χ2n) is 4.90. The van der Waals surface area contributed by atoms with Crippen molar-refractivity contribution in [3.8, 4) is 0 Å². The monoisotopic (exact) mass is 284 g/mol. The fourth-order valence-corrected chi connectivity index (χ4v) is 2.04. The average molecular weight is 284 g/mol. The SMILES string of the molecule is CCCCCCCc1nnnn1CC(CC(=O)O)OC. The van der Waals surface area contributed by atoms with Gasteiger partial charge < -0.3 is 9.84 Å². The van der Waals surface area contributed by atoms with E-state index in [9.17, 15) is 4.79 Å². The van der Waals surface area contributed by atoms with Crippen molar-refractivity contribution in [1.82, 2.24) is 20.2 Å². The van der Waals surface area contributed by atoms with Gasteiger partial charge in [0, 0.05) is 13.5 Å². The summed E-state index contributed by atoms with van der Waals surface area (Å²) in [6.45, 7) is 2.56. The van der Waals surface area contributed by atoms with Crippen LogP contribution < -0.4 is 0 Å². The van der Waals surface area contributed by atoms with Crippen LogP contribution >= 0.6 is 0 Å². The van der Waals surface area contributed by atoms with Crippen molar-refractivity contribution in [2.24, 2.45) is 0 Å². The Balaban J connectivity index is 2.42. The van der Waals surface area contributed by atoms with Crippen LogP contribution in [0.1, 0.15) is 51.3 Å².